The zero-order valence-electron chi connectivity index (χ0n) is 13.3. The third-order valence-corrected chi connectivity index (χ3v) is 3.78. The van der Waals surface area contributed by atoms with Gasteiger partial charge in [-0.05, 0) is 24.6 Å². The van der Waals surface area contributed by atoms with Crippen LogP contribution in [0.5, 0.6) is 0 Å². The molecule has 24 heavy (non-hydrogen) atoms. The van der Waals surface area contributed by atoms with Crippen LogP contribution in [-0.4, -0.2) is 15.5 Å². The van der Waals surface area contributed by atoms with Crippen molar-refractivity contribution in [2.45, 2.75) is 19.9 Å². The van der Waals surface area contributed by atoms with Crippen molar-refractivity contribution in [3.8, 4) is 6.07 Å². The van der Waals surface area contributed by atoms with Crippen molar-refractivity contribution >= 4 is 22.9 Å². The lowest BCUT2D eigenvalue weighted by Crippen LogP contribution is -2.19. The minimum atomic E-state index is -0.267. The first-order chi connectivity index (χ1) is 11.6. The average molecular weight is 319 g/mol. The number of para-hydroxylation sites is 1. The Balaban J connectivity index is 2.05. The van der Waals surface area contributed by atoms with Gasteiger partial charge in [-0.25, -0.2) is 0 Å². The minimum Gasteiger partial charge on any atom is -0.384 e. The van der Waals surface area contributed by atoms with Gasteiger partial charge in [-0.3, -0.25) is 4.79 Å². The fraction of sp³-hybridized carbons (Fsp3) is 0.167. The van der Waals surface area contributed by atoms with E-state index in [0.29, 0.717) is 18.8 Å². The molecule has 0 aliphatic carbocycles. The lowest BCUT2D eigenvalue weighted by molar-refractivity contribution is 0.744. The molecular weight excluding hydrogens is 302 g/mol. The lowest BCUT2D eigenvalue weighted by atomic mass is 10.2. The molecule has 0 aliphatic heterocycles. The van der Waals surface area contributed by atoms with Gasteiger partial charge in [0.1, 0.15) is 5.82 Å². The highest BCUT2D eigenvalue weighted by Gasteiger charge is 2.07. The van der Waals surface area contributed by atoms with Gasteiger partial charge in [0.25, 0.3) is 5.56 Å². The van der Waals surface area contributed by atoms with Crippen molar-refractivity contribution in [3.63, 3.8) is 0 Å². The number of nitrogen functional groups attached to an aromatic ring is 1. The van der Waals surface area contributed by atoms with Gasteiger partial charge >= 0.3 is 0 Å². The van der Waals surface area contributed by atoms with Gasteiger partial charge in [-0.2, -0.15) is 15.0 Å². The van der Waals surface area contributed by atoms with E-state index in [4.69, 9.17) is 11.0 Å². The van der Waals surface area contributed by atoms with Crippen LogP contribution >= 0.6 is 0 Å². The Hall–Kier alpha value is -3.33. The number of anilines is 1. The van der Waals surface area contributed by atoms with Crippen molar-refractivity contribution in [2.24, 2.45) is 5.10 Å². The maximum Gasteiger partial charge on any atom is 0.273 e. The Morgan fingerprint density at radius 3 is 2.88 bits per heavy atom. The molecule has 0 saturated heterocycles. The first kappa shape index (κ1) is 15.6. The summed E-state index contributed by atoms with van der Waals surface area (Å²) in [5.74, 6) is 0.296. The summed E-state index contributed by atoms with van der Waals surface area (Å²) >= 11 is 0. The largest absolute Gasteiger partial charge is 0.384 e. The first-order valence-corrected chi connectivity index (χ1v) is 7.58. The van der Waals surface area contributed by atoms with E-state index in [2.05, 4.69) is 11.2 Å². The van der Waals surface area contributed by atoms with E-state index in [1.807, 2.05) is 42.0 Å². The SMILES string of the molecule is Cc1cc(N)n(/N=C\c2cn(CCC#N)c3ccccc23)c(=O)c1. The Bertz CT molecular complexity index is 1020. The van der Waals surface area contributed by atoms with Gasteiger partial charge in [-0.1, -0.05) is 18.2 Å². The van der Waals surface area contributed by atoms with Gasteiger partial charge in [-0.15, -0.1) is 0 Å². The van der Waals surface area contributed by atoms with E-state index in [-0.39, 0.29) is 5.56 Å². The van der Waals surface area contributed by atoms with Crippen LogP contribution < -0.4 is 11.3 Å². The molecule has 0 radical (unpaired) electrons. The summed E-state index contributed by atoms with van der Waals surface area (Å²) in [5.41, 5.74) is 8.31. The average Bonchev–Trinajstić information content (AvgIpc) is 2.90. The van der Waals surface area contributed by atoms with Crippen LogP contribution in [0.3, 0.4) is 0 Å². The summed E-state index contributed by atoms with van der Waals surface area (Å²) in [6.07, 6.45) is 3.98. The van der Waals surface area contributed by atoms with E-state index in [0.717, 1.165) is 22.0 Å². The summed E-state index contributed by atoms with van der Waals surface area (Å²) < 4.78 is 3.19. The van der Waals surface area contributed by atoms with Crippen molar-refractivity contribution in [3.05, 3.63) is 64.1 Å². The predicted octanol–water partition coefficient (Wildman–Crippen LogP) is 2.49. The molecule has 0 amide bonds. The molecule has 1 aromatic carbocycles. The van der Waals surface area contributed by atoms with E-state index in [1.165, 1.54) is 10.7 Å². The summed E-state index contributed by atoms with van der Waals surface area (Å²) in [5, 5.41) is 14.0. The van der Waals surface area contributed by atoms with Crippen LogP contribution in [0.25, 0.3) is 10.9 Å². The molecule has 0 atom stereocenters. The van der Waals surface area contributed by atoms with Crippen molar-refractivity contribution < 1.29 is 0 Å². The van der Waals surface area contributed by atoms with Crippen molar-refractivity contribution in [2.75, 3.05) is 5.73 Å². The van der Waals surface area contributed by atoms with E-state index in [1.54, 1.807) is 12.3 Å². The number of pyridine rings is 1. The highest BCUT2D eigenvalue weighted by atomic mass is 16.1. The molecule has 6 heteroatoms. The van der Waals surface area contributed by atoms with Gasteiger partial charge < -0.3 is 10.3 Å². The second-order valence-corrected chi connectivity index (χ2v) is 5.56. The van der Waals surface area contributed by atoms with Crippen molar-refractivity contribution in [1.82, 2.24) is 9.24 Å². The smallest absolute Gasteiger partial charge is 0.273 e. The molecule has 0 spiro atoms. The molecule has 6 nitrogen and oxygen atoms in total. The molecule has 0 fully saturated rings. The summed E-state index contributed by atoms with van der Waals surface area (Å²) in [7, 11) is 0. The molecule has 3 aromatic rings. The fourth-order valence-corrected chi connectivity index (χ4v) is 2.70. The number of aromatic nitrogens is 2. The zero-order valence-corrected chi connectivity index (χ0v) is 13.3. The number of nitrogens with zero attached hydrogens (tertiary/aromatic N) is 4. The topological polar surface area (TPSA) is 89.1 Å². The van der Waals surface area contributed by atoms with Gasteiger partial charge in [0, 0.05) is 35.3 Å². The number of nitrogens with two attached hydrogens (primary N) is 1. The molecule has 0 bridgehead atoms. The van der Waals surface area contributed by atoms with Crippen LogP contribution in [0.15, 0.2) is 52.5 Å². The van der Waals surface area contributed by atoms with Gasteiger partial charge in [0.15, 0.2) is 0 Å². The van der Waals surface area contributed by atoms with E-state index < -0.39 is 0 Å². The predicted molar refractivity (Wildman–Crippen MR) is 95.0 cm³/mol. The molecule has 0 unspecified atom stereocenters. The van der Waals surface area contributed by atoms with E-state index >= 15 is 0 Å². The van der Waals surface area contributed by atoms with Crippen LogP contribution in [0.2, 0.25) is 0 Å². The number of rotatable bonds is 4. The number of nitriles is 1. The van der Waals surface area contributed by atoms with Crippen LogP contribution in [0.4, 0.5) is 5.82 Å². The van der Waals surface area contributed by atoms with Crippen LogP contribution in [0.1, 0.15) is 17.5 Å². The number of hydrogen-bond donors (Lipinski definition) is 1. The lowest BCUT2D eigenvalue weighted by Gasteiger charge is -2.03. The van der Waals surface area contributed by atoms with E-state index in [9.17, 15) is 4.79 Å². The monoisotopic (exact) mass is 319 g/mol. The van der Waals surface area contributed by atoms with Gasteiger partial charge in [0.05, 0.1) is 18.7 Å². The maximum absolute atomic E-state index is 12.0. The van der Waals surface area contributed by atoms with Crippen LogP contribution in [0, 0.1) is 18.3 Å². The zero-order chi connectivity index (χ0) is 17.1. The summed E-state index contributed by atoms with van der Waals surface area (Å²) in [6.45, 7) is 2.42. The Kier molecular flexibility index (Phi) is 4.17. The standard InChI is InChI=1S/C18H17N5O/c1-13-9-17(20)23(18(24)10-13)21-11-14-12-22(8-4-7-19)16-6-3-2-5-15(14)16/h2-3,5-6,9-12H,4,8,20H2,1H3/b21-11-. The quantitative estimate of drug-likeness (QED) is 0.749. The normalized spacial score (nSPS) is 11.2. The maximum atomic E-state index is 12.0. The summed E-state index contributed by atoms with van der Waals surface area (Å²) in [4.78, 5) is 12.0. The molecule has 2 N–H and O–H groups in total. The third kappa shape index (κ3) is 2.92. The second-order valence-electron chi connectivity index (χ2n) is 5.56. The third-order valence-electron chi connectivity index (χ3n) is 3.78. The fourth-order valence-electron chi connectivity index (χ4n) is 2.70. The molecule has 2 aromatic heterocycles. The molecule has 0 saturated carbocycles. The molecule has 2 heterocycles. The van der Waals surface area contributed by atoms with Crippen LogP contribution in [-0.2, 0) is 6.54 Å². The number of aryl methyl sites for hydroxylation is 2. The molecule has 3 rings (SSSR count). The highest BCUT2D eigenvalue weighted by molar-refractivity contribution is 5.99. The Morgan fingerprint density at radius 1 is 1.33 bits per heavy atom. The van der Waals surface area contributed by atoms with Crippen molar-refractivity contribution in [1.29, 1.82) is 5.26 Å². The molecule has 120 valence electrons. The minimum absolute atomic E-state index is 0.267. The highest BCUT2D eigenvalue weighted by Crippen LogP contribution is 2.20. The number of benzene rings is 1. The first-order valence-electron chi connectivity index (χ1n) is 7.58. The number of fused-ring (bicyclic) bond motifs is 1. The number of hydrogen-bond acceptors (Lipinski definition) is 4. The molecule has 0 aliphatic rings. The Labute approximate surface area is 139 Å². The second kappa shape index (κ2) is 6.42. The molecular formula is C18H17N5O. The summed E-state index contributed by atoms with van der Waals surface area (Å²) in [6, 6.07) is 13.2. The van der Waals surface area contributed by atoms with Gasteiger partial charge in [0.2, 0.25) is 0 Å². The Morgan fingerprint density at radius 2 is 2.12 bits per heavy atom.